The molecule has 1 aliphatic carbocycles. The zero-order chi connectivity index (χ0) is 28.0. The molecule has 208 valence electrons. The third-order valence-corrected chi connectivity index (χ3v) is 7.18. The summed E-state index contributed by atoms with van der Waals surface area (Å²) in [6.45, 7) is 6.57. The second-order valence-corrected chi connectivity index (χ2v) is 10.2. The van der Waals surface area contributed by atoms with E-state index in [-0.39, 0.29) is 24.5 Å². The fraction of sp³-hybridized carbons (Fsp3) is 0.303. The summed E-state index contributed by atoms with van der Waals surface area (Å²) in [6.07, 6.45) is 15.1. The molecule has 1 fully saturated rings. The van der Waals surface area contributed by atoms with Gasteiger partial charge in [-0.2, -0.15) is 0 Å². The van der Waals surface area contributed by atoms with E-state index in [2.05, 4.69) is 43.8 Å². The van der Waals surface area contributed by atoms with Crippen molar-refractivity contribution in [2.75, 3.05) is 18.4 Å². The topological polar surface area (TPSA) is 87.4 Å². The minimum absolute atomic E-state index is 0.0323. The maximum absolute atomic E-state index is 13.3. The van der Waals surface area contributed by atoms with E-state index in [4.69, 9.17) is 5.73 Å². The third-order valence-electron chi connectivity index (χ3n) is 7.18. The minimum atomic E-state index is -0.0323. The van der Waals surface area contributed by atoms with Gasteiger partial charge in [0.05, 0.1) is 17.9 Å². The van der Waals surface area contributed by atoms with Crippen LogP contribution >= 0.6 is 0 Å². The molecule has 1 aliphatic rings. The number of pyridine rings is 2. The number of aromatic nitrogens is 2. The van der Waals surface area contributed by atoms with E-state index in [1.54, 1.807) is 6.08 Å². The van der Waals surface area contributed by atoms with Crippen LogP contribution < -0.4 is 11.1 Å². The zero-order valence-corrected chi connectivity index (χ0v) is 23.1. The van der Waals surface area contributed by atoms with E-state index < -0.39 is 0 Å². The number of anilines is 1. The quantitative estimate of drug-likeness (QED) is 0.288. The molecule has 4 rings (SSSR count). The Hall–Kier alpha value is -4.07. The summed E-state index contributed by atoms with van der Waals surface area (Å²) in [6, 6.07) is 22.1. The third kappa shape index (κ3) is 9.00. The van der Waals surface area contributed by atoms with Crippen molar-refractivity contribution in [3.8, 4) is 0 Å². The largest absolute Gasteiger partial charge is 0.405 e. The summed E-state index contributed by atoms with van der Waals surface area (Å²) in [7, 11) is 0. The highest BCUT2D eigenvalue weighted by atomic mass is 16.2. The molecule has 0 spiro atoms. The molecule has 0 aliphatic heterocycles. The molecular formula is C33H40N6O. The highest BCUT2D eigenvalue weighted by molar-refractivity contribution is 5.92. The molecule has 2 aromatic heterocycles. The number of nitrogens with two attached hydrogens (primary N) is 1. The standard InChI is InChI=1S/C33H40N6O/c1-27(13-7-10-20-34)23-38(26-33(40)37-28-14-3-2-4-15-28)31-18-5-6-19-32(31)39(24-29-16-8-11-21-35-29)25-30-17-9-12-22-36-30/h2-4,7-17,20-22,31-32H,1,5-6,18-19,23-26,34H2,(H,37,40)/b13-7-,20-10-/t31-,32?/m0/s1. The second-order valence-electron chi connectivity index (χ2n) is 10.2. The first-order valence-electron chi connectivity index (χ1n) is 14.0. The molecule has 1 unspecified atom stereocenters. The van der Waals surface area contributed by atoms with E-state index in [0.29, 0.717) is 19.6 Å². The number of nitrogens with one attached hydrogen (secondary N) is 1. The number of hydrogen-bond acceptors (Lipinski definition) is 6. The Morgan fingerprint density at radius 3 is 2.02 bits per heavy atom. The normalized spacial score (nSPS) is 17.6. The van der Waals surface area contributed by atoms with Crippen LogP contribution in [0.2, 0.25) is 0 Å². The van der Waals surface area contributed by atoms with Crippen LogP contribution in [0.3, 0.4) is 0 Å². The summed E-state index contributed by atoms with van der Waals surface area (Å²) < 4.78 is 0. The van der Waals surface area contributed by atoms with Crippen molar-refractivity contribution in [1.82, 2.24) is 19.8 Å². The first kappa shape index (κ1) is 28.9. The van der Waals surface area contributed by atoms with Gasteiger partial charge in [0.25, 0.3) is 0 Å². The fourth-order valence-corrected chi connectivity index (χ4v) is 5.40. The predicted molar refractivity (Wildman–Crippen MR) is 162 cm³/mol. The molecule has 1 saturated carbocycles. The summed E-state index contributed by atoms with van der Waals surface area (Å²) in [5.74, 6) is -0.0323. The molecular weight excluding hydrogens is 496 g/mol. The number of carbonyl (C=O) groups is 1. The number of allylic oxidation sites excluding steroid dienone is 2. The predicted octanol–water partition coefficient (Wildman–Crippen LogP) is 5.32. The summed E-state index contributed by atoms with van der Waals surface area (Å²) in [4.78, 5) is 27.4. The Morgan fingerprint density at radius 2 is 1.45 bits per heavy atom. The zero-order valence-electron chi connectivity index (χ0n) is 23.1. The van der Waals surface area contributed by atoms with Gasteiger partial charge in [-0.05, 0) is 67.1 Å². The molecule has 2 heterocycles. The molecule has 1 amide bonds. The van der Waals surface area contributed by atoms with Crippen molar-refractivity contribution in [2.24, 2.45) is 5.73 Å². The maximum Gasteiger partial charge on any atom is 0.238 e. The van der Waals surface area contributed by atoms with Crippen molar-refractivity contribution in [2.45, 2.75) is 50.9 Å². The molecule has 2 atom stereocenters. The van der Waals surface area contributed by atoms with Gasteiger partial charge in [0.15, 0.2) is 0 Å². The van der Waals surface area contributed by atoms with Crippen molar-refractivity contribution in [3.63, 3.8) is 0 Å². The van der Waals surface area contributed by atoms with Crippen LogP contribution in [0.15, 0.2) is 116 Å². The van der Waals surface area contributed by atoms with Crippen LogP contribution in [-0.2, 0) is 17.9 Å². The van der Waals surface area contributed by atoms with Gasteiger partial charge in [0.2, 0.25) is 5.91 Å². The van der Waals surface area contributed by atoms with Crippen molar-refractivity contribution in [1.29, 1.82) is 0 Å². The first-order chi connectivity index (χ1) is 19.6. The fourth-order valence-electron chi connectivity index (χ4n) is 5.40. The van der Waals surface area contributed by atoms with Gasteiger partial charge in [-0.15, -0.1) is 0 Å². The Labute approximate surface area is 238 Å². The van der Waals surface area contributed by atoms with Crippen LogP contribution in [0, 0.1) is 0 Å². The molecule has 3 aromatic rings. The number of para-hydroxylation sites is 1. The molecule has 7 heteroatoms. The number of benzene rings is 1. The molecule has 3 N–H and O–H groups in total. The van der Waals surface area contributed by atoms with E-state index in [9.17, 15) is 4.79 Å². The Bertz CT molecular complexity index is 1200. The van der Waals surface area contributed by atoms with Crippen molar-refractivity contribution >= 4 is 11.6 Å². The molecule has 0 radical (unpaired) electrons. The number of amides is 1. The van der Waals surface area contributed by atoms with Gasteiger partial charge < -0.3 is 11.1 Å². The number of rotatable bonds is 13. The van der Waals surface area contributed by atoms with Crippen LogP contribution in [-0.4, -0.2) is 50.8 Å². The Balaban J connectivity index is 1.60. The summed E-state index contributed by atoms with van der Waals surface area (Å²) in [5, 5.41) is 3.07. The first-order valence-corrected chi connectivity index (χ1v) is 14.0. The van der Waals surface area contributed by atoms with Crippen molar-refractivity contribution < 1.29 is 4.79 Å². The molecule has 0 bridgehead atoms. The van der Waals surface area contributed by atoms with Gasteiger partial charge in [0.1, 0.15) is 0 Å². The van der Waals surface area contributed by atoms with Crippen LogP contribution in [0.4, 0.5) is 5.69 Å². The van der Waals surface area contributed by atoms with Gasteiger partial charge >= 0.3 is 0 Å². The summed E-state index contributed by atoms with van der Waals surface area (Å²) in [5.41, 5.74) is 9.28. The van der Waals surface area contributed by atoms with Crippen LogP contribution in [0.25, 0.3) is 0 Å². The van der Waals surface area contributed by atoms with Crippen LogP contribution in [0.1, 0.15) is 37.1 Å². The smallest absolute Gasteiger partial charge is 0.238 e. The van der Waals surface area contributed by atoms with Gasteiger partial charge in [-0.3, -0.25) is 24.6 Å². The van der Waals surface area contributed by atoms with Gasteiger partial charge in [-0.1, -0.05) is 61.9 Å². The minimum Gasteiger partial charge on any atom is -0.405 e. The lowest BCUT2D eigenvalue weighted by Gasteiger charge is -2.45. The number of carbonyl (C=O) groups excluding carboxylic acids is 1. The second kappa shape index (κ2) is 15.5. The molecule has 40 heavy (non-hydrogen) atoms. The number of nitrogens with zero attached hydrogens (tertiary/aromatic N) is 4. The monoisotopic (exact) mass is 536 g/mol. The van der Waals surface area contributed by atoms with Crippen LogP contribution in [0.5, 0.6) is 0 Å². The van der Waals surface area contributed by atoms with Gasteiger partial charge in [0, 0.05) is 49.8 Å². The van der Waals surface area contributed by atoms with E-state index in [0.717, 1.165) is 48.3 Å². The highest BCUT2D eigenvalue weighted by Crippen LogP contribution is 2.30. The average Bonchev–Trinajstić information content (AvgIpc) is 2.98. The lowest BCUT2D eigenvalue weighted by atomic mass is 9.87. The van der Waals surface area contributed by atoms with E-state index in [1.807, 2.05) is 79.1 Å². The van der Waals surface area contributed by atoms with Gasteiger partial charge in [-0.25, -0.2) is 0 Å². The molecule has 0 saturated heterocycles. The Kier molecular flexibility index (Phi) is 11.2. The highest BCUT2D eigenvalue weighted by Gasteiger charge is 2.35. The number of hydrogen-bond donors (Lipinski definition) is 2. The lowest BCUT2D eigenvalue weighted by Crippen LogP contribution is -2.55. The average molecular weight is 537 g/mol. The van der Waals surface area contributed by atoms with E-state index >= 15 is 0 Å². The Morgan fingerprint density at radius 1 is 0.850 bits per heavy atom. The lowest BCUT2D eigenvalue weighted by molar-refractivity contribution is -0.118. The SMILES string of the molecule is C=C(/C=C\C=C/N)CN(CC(=O)Nc1ccccc1)[C@H]1CCCCC1N(Cc1ccccn1)Cc1ccccn1. The molecule has 7 nitrogen and oxygen atoms in total. The van der Waals surface area contributed by atoms with Crippen molar-refractivity contribution in [3.05, 3.63) is 127 Å². The molecule has 1 aromatic carbocycles. The van der Waals surface area contributed by atoms with E-state index in [1.165, 1.54) is 6.20 Å². The maximum atomic E-state index is 13.3. The summed E-state index contributed by atoms with van der Waals surface area (Å²) >= 11 is 0.